The third-order valence-corrected chi connectivity index (χ3v) is 3.05. The lowest BCUT2D eigenvalue weighted by molar-refractivity contribution is -0.117. The minimum Gasteiger partial charge on any atom is -0.462 e. The molecule has 1 atom stereocenters. The van der Waals surface area contributed by atoms with E-state index in [9.17, 15) is 9.59 Å². The second-order valence-electron chi connectivity index (χ2n) is 4.37. The van der Waals surface area contributed by atoms with Crippen LogP contribution in [-0.4, -0.2) is 41.7 Å². The summed E-state index contributed by atoms with van der Waals surface area (Å²) in [6, 6.07) is 1.53. The smallest absolute Gasteiger partial charge is 0.340 e. The van der Waals surface area contributed by atoms with Crippen LogP contribution in [0.1, 0.15) is 23.7 Å². The van der Waals surface area contributed by atoms with Crippen molar-refractivity contribution in [2.24, 2.45) is 5.92 Å². The van der Waals surface area contributed by atoms with Crippen LogP contribution in [0.3, 0.4) is 0 Å². The number of ether oxygens (including phenoxy) is 1. The van der Waals surface area contributed by atoms with Crippen molar-refractivity contribution in [1.82, 2.24) is 4.98 Å². The number of aromatic nitrogens is 1. The highest BCUT2D eigenvalue weighted by Gasteiger charge is 2.32. The van der Waals surface area contributed by atoms with Crippen molar-refractivity contribution in [3.05, 3.63) is 24.0 Å². The van der Waals surface area contributed by atoms with Crippen LogP contribution in [0.2, 0.25) is 0 Å². The average Bonchev–Trinajstić information content (AvgIpc) is 2.80. The Balaban J connectivity index is 2.30. The van der Waals surface area contributed by atoms with E-state index in [-0.39, 0.29) is 31.5 Å². The molecule has 0 saturated carbocycles. The molecule has 1 amide bonds. The van der Waals surface area contributed by atoms with Gasteiger partial charge in [-0.05, 0) is 13.0 Å². The number of hydrogen-bond acceptors (Lipinski definition) is 5. The normalized spacial score (nSPS) is 18.7. The molecule has 19 heavy (non-hydrogen) atoms. The maximum atomic E-state index is 11.9. The minimum absolute atomic E-state index is 0.0444. The lowest BCUT2D eigenvalue weighted by Gasteiger charge is -2.18. The lowest BCUT2D eigenvalue weighted by atomic mass is 10.1. The predicted octanol–water partition coefficient (Wildman–Crippen LogP) is 0.603. The molecule has 1 aromatic rings. The third-order valence-electron chi connectivity index (χ3n) is 3.05. The molecule has 2 heterocycles. The molecule has 6 heteroatoms. The lowest BCUT2D eigenvalue weighted by Crippen LogP contribution is -2.27. The van der Waals surface area contributed by atoms with E-state index in [1.807, 2.05) is 0 Å². The standard InChI is InChI=1S/C13H16N2O4/c1-2-19-13(18)10-3-4-14-6-11(10)15-7-9(8-16)5-12(15)17/h3-4,6,9,16H,2,5,7-8H2,1H3. The summed E-state index contributed by atoms with van der Waals surface area (Å²) in [5.41, 5.74) is 0.769. The molecule has 0 aliphatic carbocycles. The van der Waals surface area contributed by atoms with Gasteiger partial charge in [-0.2, -0.15) is 0 Å². The maximum absolute atomic E-state index is 11.9. The molecule has 1 aliphatic rings. The second-order valence-corrected chi connectivity index (χ2v) is 4.37. The zero-order chi connectivity index (χ0) is 13.8. The summed E-state index contributed by atoms with van der Waals surface area (Å²) in [6.45, 7) is 2.35. The largest absolute Gasteiger partial charge is 0.462 e. The van der Waals surface area contributed by atoms with Crippen LogP contribution < -0.4 is 4.90 Å². The molecule has 6 nitrogen and oxygen atoms in total. The molecule has 102 valence electrons. The number of nitrogens with zero attached hydrogens (tertiary/aromatic N) is 2. The van der Waals surface area contributed by atoms with E-state index in [1.54, 1.807) is 6.92 Å². The maximum Gasteiger partial charge on any atom is 0.340 e. The van der Waals surface area contributed by atoms with Crippen molar-refractivity contribution in [2.75, 3.05) is 24.7 Å². The van der Waals surface area contributed by atoms with Gasteiger partial charge in [0.25, 0.3) is 0 Å². The first kappa shape index (κ1) is 13.5. The van der Waals surface area contributed by atoms with Gasteiger partial charge < -0.3 is 14.7 Å². The van der Waals surface area contributed by atoms with Gasteiger partial charge in [-0.15, -0.1) is 0 Å². The van der Waals surface area contributed by atoms with E-state index in [0.29, 0.717) is 17.8 Å². The van der Waals surface area contributed by atoms with Crippen molar-refractivity contribution >= 4 is 17.6 Å². The Morgan fingerprint density at radius 2 is 2.42 bits per heavy atom. The van der Waals surface area contributed by atoms with Gasteiger partial charge in [-0.3, -0.25) is 9.78 Å². The number of carbonyl (C=O) groups excluding carboxylic acids is 2. The van der Waals surface area contributed by atoms with Gasteiger partial charge in [-0.1, -0.05) is 0 Å². The molecular formula is C13H16N2O4. The Morgan fingerprint density at radius 3 is 3.05 bits per heavy atom. The van der Waals surface area contributed by atoms with E-state index in [0.717, 1.165) is 0 Å². The van der Waals surface area contributed by atoms with E-state index in [4.69, 9.17) is 9.84 Å². The summed E-state index contributed by atoms with van der Waals surface area (Å²) in [4.78, 5) is 29.2. The van der Waals surface area contributed by atoms with Gasteiger partial charge in [0.05, 0.1) is 24.1 Å². The van der Waals surface area contributed by atoms with Crippen molar-refractivity contribution in [2.45, 2.75) is 13.3 Å². The fourth-order valence-electron chi connectivity index (χ4n) is 2.12. The first-order valence-corrected chi connectivity index (χ1v) is 6.19. The Morgan fingerprint density at radius 1 is 1.63 bits per heavy atom. The molecule has 0 aromatic carbocycles. The molecule has 0 bridgehead atoms. The first-order valence-electron chi connectivity index (χ1n) is 6.19. The number of pyridine rings is 1. The Bertz CT molecular complexity index is 489. The van der Waals surface area contributed by atoms with Crippen LogP contribution in [0.15, 0.2) is 18.5 Å². The topological polar surface area (TPSA) is 79.7 Å². The van der Waals surface area contributed by atoms with Crippen LogP contribution in [0.5, 0.6) is 0 Å². The van der Waals surface area contributed by atoms with Crippen LogP contribution in [0, 0.1) is 5.92 Å². The molecule has 0 spiro atoms. The van der Waals surface area contributed by atoms with Gasteiger partial charge >= 0.3 is 5.97 Å². The van der Waals surface area contributed by atoms with E-state index >= 15 is 0 Å². The van der Waals surface area contributed by atoms with Crippen molar-refractivity contribution in [3.8, 4) is 0 Å². The predicted molar refractivity (Wildman–Crippen MR) is 67.7 cm³/mol. The Labute approximate surface area is 111 Å². The van der Waals surface area contributed by atoms with Crippen molar-refractivity contribution in [1.29, 1.82) is 0 Å². The minimum atomic E-state index is -0.472. The Hall–Kier alpha value is -1.95. The number of carbonyl (C=O) groups is 2. The first-order chi connectivity index (χ1) is 9.17. The number of esters is 1. The quantitative estimate of drug-likeness (QED) is 0.806. The zero-order valence-electron chi connectivity index (χ0n) is 10.7. The average molecular weight is 264 g/mol. The van der Waals surface area contributed by atoms with Crippen LogP contribution in [0.25, 0.3) is 0 Å². The summed E-state index contributed by atoms with van der Waals surface area (Å²) in [5.74, 6) is -0.680. The van der Waals surface area contributed by atoms with Crippen LogP contribution in [-0.2, 0) is 9.53 Å². The van der Waals surface area contributed by atoms with Gasteiger partial charge in [0, 0.05) is 31.7 Å². The van der Waals surface area contributed by atoms with E-state index in [2.05, 4.69) is 4.98 Å². The van der Waals surface area contributed by atoms with E-state index < -0.39 is 5.97 Å². The number of anilines is 1. The Kier molecular flexibility index (Phi) is 4.11. The molecule has 1 aliphatic heterocycles. The molecule has 1 aromatic heterocycles. The number of hydrogen-bond donors (Lipinski definition) is 1. The fraction of sp³-hybridized carbons (Fsp3) is 0.462. The highest BCUT2D eigenvalue weighted by atomic mass is 16.5. The molecule has 1 fully saturated rings. The number of amides is 1. The number of aliphatic hydroxyl groups is 1. The number of rotatable bonds is 4. The number of aliphatic hydroxyl groups excluding tert-OH is 1. The second kappa shape index (κ2) is 5.79. The third kappa shape index (κ3) is 2.73. The molecule has 0 radical (unpaired) electrons. The van der Waals surface area contributed by atoms with Crippen molar-refractivity contribution in [3.63, 3.8) is 0 Å². The highest BCUT2D eigenvalue weighted by Crippen LogP contribution is 2.27. The fourth-order valence-corrected chi connectivity index (χ4v) is 2.12. The van der Waals surface area contributed by atoms with Gasteiger partial charge in [-0.25, -0.2) is 4.79 Å². The van der Waals surface area contributed by atoms with Crippen LogP contribution in [0.4, 0.5) is 5.69 Å². The zero-order valence-corrected chi connectivity index (χ0v) is 10.7. The SMILES string of the molecule is CCOC(=O)c1ccncc1N1CC(CO)CC1=O. The monoisotopic (exact) mass is 264 g/mol. The van der Waals surface area contributed by atoms with Crippen LogP contribution >= 0.6 is 0 Å². The van der Waals surface area contributed by atoms with E-state index in [1.165, 1.54) is 23.4 Å². The summed E-state index contributed by atoms with van der Waals surface area (Å²) < 4.78 is 4.96. The summed E-state index contributed by atoms with van der Waals surface area (Å²) >= 11 is 0. The van der Waals surface area contributed by atoms with Crippen molar-refractivity contribution < 1.29 is 19.4 Å². The van der Waals surface area contributed by atoms with Gasteiger partial charge in [0.15, 0.2) is 0 Å². The molecule has 1 saturated heterocycles. The molecule has 2 rings (SSSR count). The molecule has 1 N–H and O–H groups in total. The molecule has 1 unspecified atom stereocenters. The molecular weight excluding hydrogens is 248 g/mol. The van der Waals surface area contributed by atoms with Gasteiger partial charge in [0.1, 0.15) is 0 Å². The summed E-state index contributed by atoms with van der Waals surface area (Å²) in [7, 11) is 0. The van der Waals surface area contributed by atoms with Gasteiger partial charge in [0.2, 0.25) is 5.91 Å². The highest BCUT2D eigenvalue weighted by molar-refractivity contribution is 6.03. The summed E-state index contributed by atoms with van der Waals surface area (Å²) in [5, 5.41) is 9.13. The summed E-state index contributed by atoms with van der Waals surface area (Å²) in [6.07, 6.45) is 3.25.